The summed E-state index contributed by atoms with van der Waals surface area (Å²) in [7, 11) is 0. The Morgan fingerprint density at radius 2 is 2.06 bits per heavy atom. The summed E-state index contributed by atoms with van der Waals surface area (Å²) >= 11 is 0. The summed E-state index contributed by atoms with van der Waals surface area (Å²) < 4.78 is 1.43. The van der Waals surface area contributed by atoms with Crippen LogP contribution in [0.5, 0.6) is 5.88 Å². The van der Waals surface area contributed by atoms with E-state index in [0.29, 0.717) is 12.2 Å². The lowest BCUT2D eigenvalue weighted by Gasteiger charge is -2.05. The first-order valence-corrected chi connectivity index (χ1v) is 5.08. The largest absolute Gasteiger partial charge is 0.492 e. The minimum Gasteiger partial charge on any atom is -0.492 e. The number of primary amides is 1. The van der Waals surface area contributed by atoms with E-state index in [0.717, 1.165) is 5.56 Å². The Labute approximate surface area is 102 Å². The molecule has 0 aliphatic carbocycles. The van der Waals surface area contributed by atoms with Crippen molar-refractivity contribution in [3.63, 3.8) is 0 Å². The molecule has 7 nitrogen and oxygen atoms in total. The predicted octanol–water partition coefficient (Wildman–Crippen LogP) is 1.13. The maximum absolute atomic E-state index is 11.1. The monoisotopic (exact) mass is 246 g/mol. The van der Waals surface area contributed by atoms with Crippen molar-refractivity contribution >= 4 is 11.6 Å². The lowest BCUT2D eigenvalue weighted by molar-refractivity contribution is 0.0989. The first-order valence-electron chi connectivity index (χ1n) is 5.08. The van der Waals surface area contributed by atoms with E-state index in [-0.39, 0.29) is 5.69 Å². The smallest absolute Gasteiger partial charge is 0.271 e. The number of rotatable bonds is 4. The summed E-state index contributed by atoms with van der Waals surface area (Å²) in [4.78, 5) is 25.0. The van der Waals surface area contributed by atoms with Gasteiger partial charge in [0.15, 0.2) is 5.69 Å². The van der Waals surface area contributed by atoms with Crippen LogP contribution < -0.4 is 5.73 Å². The molecule has 7 heteroatoms. The Morgan fingerprint density at radius 3 is 2.61 bits per heavy atom. The van der Waals surface area contributed by atoms with Gasteiger partial charge in [0, 0.05) is 6.54 Å². The van der Waals surface area contributed by atoms with Crippen LogP contribution in [0.3, 0.4) is 0 Å². The second-order valence-corrected chi connectivity index (χ2v) is 3.67. The number of aromatic hydroxyl groups is 1. The van der Waals surface area contributed by atoms with E-state index in [1.807, 2.05) is 0 Å². The summed E-state index contributed by atoms with van der Waals surface area (Å²) in [5, 5.41) is 12.2. The Hall–Kier alpha value is -2.70. The van der Waals surface area contributed by atoms with Crippen LogP contribution in [0, 0.1) is 4.91 Å². The molecule has 0 fully saturated rings. The number of nitroso groups, excluding NO2 is 1. The number of aromatic nitrogens is 2. The fourth-order valence-electron chi connectivity index (χ4n) is 1.60. The van der Waals surface area contributed by atoms with Gasteiger partial charge < -0.3 is 15.4 Å². The number of amides is 1. The second kappa shape index (κ2) is 4.66. The molecular weight excluding hydrogens is 236 g/mol. The normalized spacial score (nSPS) is 10.2. The van der Waals surface area contributed by atoms with Gasteiger partial charge in [0.25, 0.3) is 5.91 Å². The maximum Gasteiger partial charge on any atom is 0.271 e. The molecule has 0 unspecified atom stereocenters. The van der Waals surface area contributed by atoms with Gasteiger partial charge in [-0.3, -0.25) is 4.79 Å². The predicted molar refractivity (Wildman–Crippen MR) is 63.4 cm³/mol. The molecule has 2 aromatic rings. The fraction of sp³-hybridized carbons (Fsp3) is 0.0909. The van der Waals surface area contributed by atoms with Crippen molar-refractivity contribution in [3.8, 4) is 5.88 Å². The molecular formula is C11H10N4O3. The Balaban J connectivity index is 2.28. The highest BCUT2D eigenvalue weighted by Crippen LogP contribution is 2.17. The van der Waals surface area contributed by atoms with Crippen LogP contribution in [0.2, 0.25) is 0 Å². The average Bonchev–Trinajstić information content (AvgIpc) is 2.71. The SMILES string of the molecule is NC(=O)c1c(O)ncn1Cc1ccc(N=O)cc1. The van der Waals surface area contributed by atoms with Gasteiger partial charge in [0.05, 0.1) is 6.33 Å². The van der Waals surface area contributed by atoms with Crippen LogP contribution in [0.4, 0.5) is 5.69 Å². The summed E-state index contributed by atoms with van der Waals surface area (Å²) in [5.41, 5.74) is 6.24. The fourth-order valence-corrected chi connectivity index (χ4v) is 1.60. The summed E-state index contributed by atoms with van der Waals surface area (Å²) in [6.45, 7) is 0.310. The van der Waals surface area contributed by atoms with Crippen molar-refractivity contribution in [2.45, 2.75) is 6.54 Å². The standard InChI is InChI=1S/C11H10N4O3/c12-10(16)9-11(17)13-6-15(9)5-7-1-3-8(14-18)4-2-7/h1-4,6,17H,5H2,(H2,12,16). The molecule has 0 atom stereocenters. The molecule has 0 saturated carbocycles. The molecule has 1 amide bonds. The zero-order valence-electron chi connectivity index (χ0n) is 9.28. The summed E-state index contributed by atoms with van der Waals surface area (Å²) in [6.07, 6.45) is 1.32. The highest BCUT2D eigenvalue weighted by molar-refractivity contribution is 5.93. The van der Waals surface area contributed by atoms with Crippen molar-refractivity contribution in [1.82, 2.24) is 9.55 Å². The minimum absolute atomic E-state index is 0.0485. The first-order chi connectivity index (χ1) is 8.61. The molecule has 0 radical (unpaired) electrons. The third-order valence-electron chi connectivity index (χ3n) is 2.45. The van der Waals surface area contributed by atoms with E-state index in [4.69, 9.17) is 5.73 Å². The van der Waals surface area contributed by atoms with Gasteiger partial charge in [-0.15, -0.1) is 4.91 Å². The van der Waals surface area contributed by atoms with Gasteiger partial charge in [0.1, 0.15) is 5.69 Å². The van der Waals surface area contributed by atoms with Crippen LogP contribution in [0.15, 0.2) is 35.8 Å². The number of carbonyl (C=O) groups excluding carboxylic acids is 1. The summed E-state index contributed by atoms with van der Waals surface area (Å²) in [5.74, 6) is -1.15. The van der Waals surface area contributed by atoms with Crippen molar-refractivity contribution in [3.05, 3.63) is 46.8 Å². The van der Waals surface area contributed by atoms with Crippen LogP contribution in [-0.4, -0.2) is 20.6 Å². The molecule has 92 valence electrons. The van der Waals surface area contributed by atoms with Crippen LogP contribution in [-0.2, 0) is 6.54 Å². The van der Waals surface area contributed by atoms with Crippen molar-refractivity contribution in [1.29, 1.82) is 0 Å². The molecule has 18 heavy (non-hydrogen) atoms. The number of benzene rings is 1. The highest BCUT2D eigenvalue weighted by atomic mass is 16.3. The van der Waals surface area contributed by atoms with E-state index in [1.165, 1.54) is 10.9 Å². The molecule has 1 heterocycles. The van der Waals surface area contributed by atoms with Crippen LogP contribution in [0.1, 0.15) is 16.1 Å². The van der Waals surface area contributed by atoms with Gasteiger partial charge in [-0.25, -0.2) is 4.98 Å². The molecule has 0 bridgehead atoms. The number of nitrogens with zero attached hydrogens (tertiary/aromatic N) is 3. The lowest BCUT2D eigenvalue weighted by Crippen LogP contribution is -2.17. The Kier molecular flexibility index (Phi) is 3.05. The molecule has 0 spiro atoms. The third kappa shape index (κ3) is 2.19. The van der Waals surface area contributed by atoms with Crippen LogP contribution in [0.25, 0.3) is 0 Å². The van der Waals surface area contributed by atoms with Gasteiger partial charge in [-0.05, 0) is 22.9 Å². The van der Waals surface area contributed by atoms with E-state index in [1.54, 1.807) is 24.3 Å². The van der Waals surface area contributed by atoms with E-state index in [2.05, 4.69) is 10.2 Å². The molecule has 1 aromatic heterocycles. The molecule has 0 aliphatic heterocycles. The molecule has 2 rings (SSSR count). The number of nitrogens with two attached hydrogens (primary N) is 1. The zero-order valence-corrected chi connectivity index (χ0v) is 9.28. The van der Waals surface area contributed by atoms with Gasteiger partial charge >= 0.3 is 0 Å². The van der Waals surface area contributed by atoms with Crippen molar-refractivity contribution in [2.75, 3.05) is 0 Å². The zero-order chi connectivity index (χ0) is 13.1. The van der Waals surface area contributed by atoms with E-state index < -0.39 is 11.8 Å². The first kappa shape index (κ1) is 11.8. The minimum atomic E-state index is -0.754. The maximum atomic E-state index is 11.1. The Bertz CT molecular complexity index is 589. The number of imidazole rings is 1. The average molecular weight is 246 g/mol. The molecule has 0 saturated heterocycles. The molecule has 3 N–H and O–H groups in total. The van der Waals surface area contributed by atoms with Crippen molar-refractivity contribution < 1.29 is 9.90 Å². The number of hydrogen-bond acceptors (Lipinski definition) is 5. The molecule has 1 aromatic carbocycles. The van der Waals surface area contributed by atoms with Gasteiger partial charge in [0.2, 0.25) is 5.88 Å². The van der Waals surface area contributed by atoms with E-state index >= 15 is 0 Å². The third-order valence-corrected chi connectivity index (χ3v) is 2.45. The highest BCUT2D eigenvalue weighted by Gasteiger charge is 2.15. The number of hydrogen-bond donors (Lipinski definition) is 2. The number of carbonyl (C=O) groups is 1. The van der Waals surface area contributed by atoms with Gasteiger partial charge in [-0.1, -0.05) is 12.1 Å². The van der Waals surface area contributed by atoms with Crippen molar-refractivity contribution in [2.24, 2.45) is 10.9 Å². The van der Waals surface area contributed by atoms with E-state index in [9.17, 15) is 14.8 Å². The Morgan fingerprint density at radius 1 is 1.39 bits per heavy atom. The van der Waals surface area contributed by atoms with Crippen LogP contribution >= 0.6 is 0 Å². The molecule has 0 aliphatic rings. The topological polar surface area (TPSA) is 111 Å². The second-order valence-electron chi connectivity index (χ2n) is 3.67. The van der Waals surface area contributed by atoms with Gasteiger partial charge in [-0.2, -0.15) is 0 Å². The lowest BCUT2D eigenvalue weighted by atomic mass is 10.2. The quantitative estimate of drug-likeness (QED) is 0.787. The summed E-state index contributed by atoms with van der Waals surface area (Å²) in [6, 6.07) is 6.50.